The fraction of sp³-hybridized carbons (Fsp3) is 0.412. The van der Waals surface area contributed by atoms with Crippen molar-refractivity contribution in [3.63, 3.8) is 0 Å². The fourth-order valence-corrected chi connectivity index (χ4v) is 3.45. The highest BCUT2D eigenvalue weighted by Crippen LogP contribution is 2.22. The summed E-state index contributed by atoms with van der Waals surface area (Å²) in [5.74, 6) is 0.138. The molecule has 0 bridgehead atoms. The zero-order chi connectivity index (χ0) is 14.7. The minimum Gasteiger partial charge on any atom is -0.353 e. The number of benzene rings is 1. The molecule has 2 aromatic rings. The summed E-state index contributed by atoms with van der Waals surface area (Å²) in [7, 11) is 0. The van der Waals surface area contributed by atoms with E-state index in [-0.39, 0.29) is 5.91 Å². The van der Waals surface area contributed by atoms with Crippen LogP contribution in [0.2, 0.25) is 0 Å². The predicted octanol–water partition coefficient (Wildman–Crippen LogP) is 3.72. The molecule has 0 unspecified atom stereocenters. The Morgan fingerprint density at radius 3 is 2.62 bits per heavy atom. The number of carbonyl (C=O) groups excluding carboxylic acids is 1. The standard InChI is InChI=1S/C17H20N2OS/c1-12-18-16(11-21-12)14-8-6-13(7-9-14)10-17(20)19-15-4-2-3-5-15/h6-9,11,15H,2-5,10H2,1H3,(H,19,20). The average molecular weight is 300 g/mol. The molecule has 0 atom stereocenters. The maximum atomic E-state index is 12.0. The van der Waals surface area contributed by atoms with Gasteiger partial charge in [0.1, 0.15) is 0 Å². The molecule has 1 heterocycles. The van der Waals surface area contributed by atoms with Crippen LogP contribution in [-0.4, -0.2) is 16.9 Å². The molecule has 1 aromatic carbocycles. The van der Waals surface area contributed by atoms with Gasteiger partial charge in [-0.05, 0) is 25.3 Å². The Balaban J connectivity index is 1.60. The van der Waals surface area contributed by atoms with Gasteiger partial charge < -0.3 is 5.32 Å². The summed E-state index contributed by atoms with van der Waals surface area (Å²) in [5.41, 5.74) is 3.18. The highest BCUT2D eigenvalue weighted by molar-refractivity contribution is 7.09. The van der Waals surface area contributed by atoms with Crippen molar-refractivity contribution in [3.05, 3.63) is 40.2 Å². The molecule has 0 radical (unpaired) electrons. The van der Waals surface area contributed by atoms with Crippen LogP contribution in [0.3, 0.4) is 0 Å². The van der Waals surface area contributed by atoms with Gasteiger partial charge >= 0.3 is 0 Å². The normalized spacial score (nSPS) is 15.3. The number of carbonyl (C=O) groups is 1. The second-order valence-corrected chi connectivity index (χ2v) is 6.74. The molecule has 3 rings (SSSR count). The van der Waals surface area contributed by atoms with E-state index in [2.05, 4.69) is 15.7 Å². The minimum absolute atomic E-state index is 0.138. The number of aryl methyl sites for hydroxylation is 1. The minimum atomic E-state index is 0.138. The molecule has 1 fully saturated rings. The van der Waals surface area contributed by atoms with Crippen molar-refractivity contribution in [3.8, 4) is 11.3 Å². The molecule has 1 aromatic heterocycles. The number of rotatable bonds is 4. The first-order valence-corrected chi connectivity index (χ1v) is 8.39. The highest BCUT2D eigenvalue weighted by Gasteiger charge is 2.17. The topological polar surface area (TPSA) is 42.0 Å². The van der Waals surface area contributed by atoms with Gasteiger partial charge in [0.25, 0.3) is 0 Å². The molecular weight excluding hydrogens is 280 g/mol. The van der Waals surface area contributed by atoms with Crippen LogP contribution in [0.5, 0.6) is 0 Å². The Labute approximate surface area is 129 Å². The van der Waals surface area contributed by atoms with Gasteiger partial charge in [0, 0.05) is 17.0 Å². The van der Waals surface area contributed by atoms with E-state index in [9.17, 15) is 4.79 Å². The summed E-state index contributed by atoms with van der Waals surface area (Å²) in [6.07, 6.45) is 5.22. The number of aromatic nitrogens is 1. The maximum absolute atomic E-state index is 12.0. The van der Waals surface area contributed by atoms with Crippen molar-refractivity contribution < 1.29 is 4.79 Å². The maximum Gasteiger partial charge on any atom is 0.224 e. The molecule has 0 saturated heterocycles. The summed E-state index contributed by atoms with van der Waals surface area (Å²) in [6.45, 7) is 2.01. The number of amides is 1. The van der Waals surface area contributed by atoms with Gasteiger partial charge in [-0.25, -0.2) is 4.98 Å². The summed E-state index contributed by atoms with van der Waals surface area (Å²) < 4.78 is 0. The Kier molecular flexibility index (Phi) is 4.34. The average Bonchev–Trinajstić information content (AvgIpc) is 3.11. The summed E-state index contributed by atoms with van der Waals surface area (Å²) >= 11 is 1.66. The van der Waals surface area contributed by atoms with Crippen LogP contribution in [0.1, 0.15) is 36.3 Å². The second-order valence-electron chi connectivity index (χ2n) is 5.67. The van der Waals surface area contributed by atoms with E-state index in [1.807, 2.05) is 31.2 Å². The molecule has 1 amide bonds. The van der Waals surface area contributed by atoms with Gasteiger partial charge in [-0.15, -0.1) is 11.3 Å². The number of nitrogens with one attached hydrogen (secondary N) is 1. The largest absolute Gasteiger partial charge is 0.353 e. The molecule has 4 heteroatoms. The van der Waals surface area contributed by atoms with E-state index < -0.39 is 0 Å². The van der Waals surface area contributed by atoms with Gasteiger partial charge in [-0.3, -0.25) is 4.79 Å². The molecule has 21 heavy (non-hydrogen) atoms. The number of thiazole rings is 1. The lowest BCUT2D eigenvalue weighted by atomic mass is 10.1. The van der Waals surface area contributed by atoms with Crippen molar-refractivity contribution in [2.24, 2.45) is 0 Å². The molecular formula is C17H20N2OS. The summed E-state index contributed by atoms with van der Waals surface area (Å²) in [6, 6.07) is 8.55. The quantitative estimate of drug-likeness (QED) is 0.935. The van der Waals surface area contributed by atoms with Crippen molar-refractivity contribution in [2.75, 3.05) is 0 Å². The van der Waals surface area contributed by atoms with Crippen LogP contribution in [0.4, 0.5) is 0 Å². The van der Waals surface area contributed by atoms with E-state index in [1.165, 1.54) is 12.8 Å². The monoisotopic (exact) mass is 300 g/mol. The summed E-state index contributed by atoms with van der Waals surface area (Å²) in [5, 5.41) is 6.27. The third-order valence-electron chi connectivity index (χ3n) is 3.95. The van der Waals surface area contributed by atoms with Crippen LogP contribution >= 0.6 is 11.3 Å². The first-order chi connectivity index (χ1) is 10.2. The van der Waals surface area contributed by atoms with Crippen molar-refractivity contribution in [2.45, 2.75) is 45.1 Å². The van der Waals surface area contributed by atoms with Crippen molar-refractivity contribution in [1.82, 2.24) is 10.3 Å². The molecule has 1 saturated carbocycles. The molecule has 0 aliphatic heterocycles. The fourth-order valence-electron chi connectivity index (χ4n) is 2.82. The highest BCUT2D eigenvalue weighted by atomic mass is 32.1. The van der Waals surface area contributed by atoms with E-state index in [1.54, 1.807) is 11.3 Å². The zero-order valence-corrected chi connectivity index (χ0v) is 13.1. The molecule has 1 N–H and O–H groups in total. The predicted molar refractivity (Wildman–Crippen MR) is 86.4 cm³/mol. The number of hydrogen-bond acceptors (Lipinski definition) is 3. The first-order valence-electron chi connectivity index (χ1n) is 7.51. The van der Waals surface area contributed by atoms with Crippen molar-refractivity contribution >= 4 is 17.2 Å². The zero-order valence-electron chi connectivity index (χ0n) is 12.3. The Hall–Kier alpha value is -1.68. The lowest BCUT2D eigenvalue weighted by Crippen LogP contribution is -2.33. The molecule has 0 spiro atoms. The van der Waals surface area contributed by atoms with Gasteiger partial charge in [0.05, 0.1) is 17.1 Å². The smallest absolute Gasteiger partial charge is 0.224 e. The SMILES string of the molecule is Cc1nc(-c2ccc(CC(=O)NC3CCCC3)cc2)cs1. The Morgan fingerprint density at radius 1 is 1.29 bits per heavy atom. The van der Waals surface area contributed by atoms with E-state index >= 15 is 0 Å². The van der Waals surface area contributed by atoms with E-state index in [4.69, 9.17) is 0 Å². The molecule has 110 valence electrons. The third-order valence-corrected chi connectivity index (χ3v) is 4.73. The molecule has 1 aliphatic rings. The van der Waals surface area contributed by atoms with Crippen molar-refractivity contribution in [1.29, 1.82) is 0 Å². The third kappa shape index (κ3) is 3.70. The van der Waals surface area contributed by atoms with E-state index in [0.717, 1.165) is 34.7 Å². The van der Waals surface area contributed by atoms with Gasteiger partial charge in [-0.2, -0.15) is 0 Å². The van der Waals surface area contributed by atoms with E-state index in [0.29, 0.717) is 12.5 Å². The van der Waals surface area contributed by atoms with Crippen LogP contribution in [0.25, 0.3) is 11.3 Å². The number of hydrogen-bond donors (Lipinski definition) is 1. The Morgan fingerprint density at radius 2 is 2.00 bits per heavy atom. The van der Waals surface area contributed by atoms with Crippen LogP contribution in [0.15, 0.2) is 29.6 Å². The molecule has 3 nitrogen and oxygen atoms in total. The lowest BCUT2D eigenvalue weighted by Gasteiger charge is -2.11. The van der Waals surface area contributed by atoms with Crippen LogP contribution in [-0.2, 0) is 11.2 Å². The van der Waals surface area contributed by atoms with Gasteiger partial charge in [0.15, 0.2) is 0 Å². The lowest BCUT2D eigenvalue weighted by molar-refractivity contribution is -0.121. The summed E-state index contributed by atoms with van der Waals surface area (Å²) in [4.78, 5) is 16.5. The number of nitrogens with zero attached hydrogens (tertiary/aromatic N) is 1. The first kappa shape index (κ1) is 14.3. The Bertz CT molecular complexity index is 612. The van der Waals surface area contributed by atoms with Gasteiger partial charge in [0.2, 0.25) is 5.91 Å². The molecule has 1 aliphatic carbocycles. The second kappa shape index (κ2) is 6.39. The van der Waals surface area contributed by atoms with Gasteiger partial charge in [-0.1, -0.05) is 37.1 Å². The van der Waals surface area contributed by atoms with Crippen LogP contribution in [0, 0.1) is 6.92 Å². The van der Waals surface area contributed by atoms with Crippen LogP contribution < -0.4 is 5.32 Å².